The van der Waals surface area contributed by atoms with Crippen molar-refractivity contribution in [1.29, 1.82) is 5.26 Å². The molecule has 0 aliphatic rings. The molecule has 8 rings (SSSR count). The Morgan fingerprint density at radius 1 is 0.500 bits per heavy atom. The molecule has 0 bridgehead atoms. The summed E-state index contributed by atoms with van der Waals surface area (Å²) < 4.78 is 8.48. The van der Waals surface area contributed by atoms with Gasteiger partial charge in [-0.1, -0.05) is 97.1 Å². The minimum absolute atomic E-state index is 0.631. The molecule has 8 aromatic rings. The Hall–Kier alpha value is -5.59. The van der Waals surface area contributed by atoms with Crippen molar-refractivity contribution in [3.63, 3.8) is 0 Å². The summed E-state index contributed by atoms with van der Waals surface area (Å²) >= 11 is 0. The molecule has 0 atom stereocenters. The second kappa shape index (κ2) is 8.73. The van der Waals surface area contributed by atoms with Gasteiger partial charge in [0, 0.05) is 27.1 Å². The van der Waals surface area contributed by atoms with Crippen LogP contribution in [-0.2, 0) is 0 Å². The number of nitrogens with zero attached hydrogens (tertiary/aromatic N) is 2. The Morgan fingerprint density at radius 2 is 1.10 bits per heavy atom. The molecule has 0 N–H and O–H groups in total. The third-order valence-electron chi connectivity index (χ3n) is 7.87. The van der Waals surface area contributed by atoms with Crippen molar-refractivity contribution in [3.05, 3.63) is 139 Å². The molecule has 0 spiro atoms. The third-order valence-corrected chi connectivity index (χ3v) is 7.87. The first-order valence-electron chi connectivity index (χ1n) is 13.3. The van der Waals surface area contributed by atoms with Gasteiger partial charge in [0.25, 0.3) is 0 Å². The van der Waals surface area contributed by atoms with Gasteiger partial charge in [-0.3, -0.25) is 0 Å². The van der Waals surface area contributed by atoms with E-state index in [1.165, 1.54) is 10.8 Å². The summed E-state index contributed by atoms with van der Waals surface area (Å²) in [6.07, 6.45) is 0. The van der Waals surface area contributed by atoms with Crippen molar-refractivity contribution in [2.45, 2.75) is 0 Å². The molecule has 0 saturated carbocycles. The second-order valence-electron chi connectivity index (χ2n) is 10.0. The zero-order chi connectivity index (χ0) is 26.6. The largest absolute Gasteiger partial charge is 0.456 e. The zero-order valence-electron chi connectivity index (χ0n) is 21.5. The predicted molar refractivity (Wildman–Crippen MR) is 164 cm³/mol. The Morgan fingerprint density at radius 3 is 1.85 bits per heavy atom. The molecule has 40 heavy (non-hydrogen) atoms. The minimum Gasteiger partial charge on any atom is -0.456 e. The molecule has 0 fully saturated rings. The van der Waals surface area contributed by atoms with E-state index in [0.29, 0.717) is 5.56 Å². The van der Waals surface area contributed by atoms with Crippen LogP contribution < -0.4 is 0 Å². The number of hydrogen-bond donors (Lipinski definition) is 0. The standard InChI is InChI=1S/C37H22N2O/c38-23-25-10-9-16-32(37(25)39-33-17-6-3-13-28(33)29-14-4-7-18-34(29)39)27-12-2-1-11-26(27)24-20-21-31-30-15-5-8-19-35(30)40-36(31)22-24/h1-22H. The second-order valence-corrected chi connectivity index (χ2v) is 10.0. The maximum atomic E-state index is 10.3. The minimum atomic E-state index is 0.631. The van der Waals surface area contributed by atoms with E-state index in [9.17, 15) is 5.26 Å². The van der Waals surface area contributed by atoms with Gasteiger partial charge in [-0.05, 0) is 53.1 Å². The predicted octanol–water partition coefficient (Wildman–Crippen LogP) is 9.89. The number of para-hydroxylation sites is 4. The number of benzene rings is 6. The molecule has 6 aromatic carbocycles. The lowest BCUT2D eigenvalue weighted by molar-refractivity contribution is 0.669. The highest BCUT2D eigenvalue weighted by atomic mass is 16.3. The number of hydrogen-bond acceptors (Lipinski definition) is 2. The van der Waals surface area contributed by atoms with Crippen LogP contribution in [0.5, 0.6) is 0 Å². The van der Waals surface area contributed by atoms with E-state index in [1.807, 2.05) is 30.3 Å². The molecule has 2 heterocycles. The maximum Gasteiger partial charge on any atom is 0.136 e. The normalized spacial score (nSPS) is 11.5. The lowest BCUT2D eigenvalue weighted by Crippen LogP contribution is -2.01. The lowest BCUT2D eigenvalue weighted by atomic mass is 9.91. The van der Waals surface area contributed by atoms with Gasteiger partial charge in [-0.25, -0.2) is 0 Å². The van der Waals surface area contributed by atoms with Gasteiger partial charge < -0.3 is 8.98 Å². The molecular formula is C37H22N2O. The van der Waals surface area contributed by atoms with Crippen LogP contribution in [0.2, 0.25) is 0 Å². The quantitative estimate of drug-likeness (QED) is 0.237. The van der Waals surface area contributed by atoms with Crippen molar-refractivity contribution >= 4 is 43.7 Å². The van der Waals surface area contributed by atoms with Crippen molar-refractivity contribution in [2.24, 2.45) is 0 Å². The first-order chi connectivity index (χ1) is 19.8. The number of furan rings is 1. The number of nitriles is 1. The fourth-order valence-electron chi connectivity index (χ4n) is 6.12. The molecule has 0 unspecified atom stereocenters. The summed E-state index contributed by atoms with van der Waals surface area (Å²) in [7, 11) is 0. The maximum absolute atomic E-state index is 10.3. The fraction of sp³-hybridized carbons (Fsp3) is 0. The van der Waals surface area contributed by atoms with E-state index in [0.717, 1.165) is 60.9 Å². The van der Waals surface area contributed by atoms with Gasteiger partial charge >= 0.3 is 0 Å². The van der Waals surface area contributed by atoms with E-state index in [2.05, 4.69) is 114 Å². The van der Waals surface area contributed by atoms with Crippen molar-refractivity contribution in [1.82, 2.24) is 4.57 Å². The molecule has 0 aliphatic carbocycles. The van der Waals surface area contributed by atoms with E-state index < -0.39 is 0 Å². The van der Waals surface area contributed by atoms with Crippen LogP contribution >= 0.6 is 0 Å². The van der Waals surface area contributed by atoms with Crippen LogP contribution in [0.15, 0.2) is 138 Å². The van der Waals surface area contributed by atoms with Gasteiger partial charge in [0.2, 0.25) is 0 Å². The summed E-state index contributed by atoms with van der Waals surface area (Å²) in [5, 5.41) is 14.9. The molecule has 3 nitrogen and oxygen atoms in total. The van der Waals surface area contributed by atoms with E-state index in [4.69, 9.17) is 4.42 Å². The molecule has 0 aliphatic heterocycles. The van der Waals surface area contributed by atoms with Gasteiger partial charge in [0.1, 0.15) is 17.2 Å². The summed E-state index contributed by atoms with van der Waals surface area (Å²) in [6.45, 7) is 0. The highest BCUT2D eigenvalue weighted by Crippen LogP contribution is 2.41. The molecule has 2 aromatic heterocycles. The summed E-state index contributed by atoms with van der Waals surface area (Å²) in [6, 6.07) is 48.3. The van der Waals surface area contributed by atoms with E-state index in [1.54, 1.807) is 0 Å². The van der Waals surface area contributed by atoms with Crippen molar-refractivity contribution in [3.8, 4) is 34.0 Å². The van der Waals surface area contributed by atoms with Crippen LogP contribution in [0.4, 0.5) is 0 Å². The Labute approximate surface area is 230 Å². The van der Waals surface area contributed by atoms with Crippen molar-refractivity contribution < 1.29 is 4.42 Å². The summed E-state index contributed by atoms with van der Waals surface area (Å²) in [4.78, 5) is 0. The van der Waals surface area contributed by atoms with Crippen molar-refractivity contribution in [2.75, 3.05) is 0 Å². The Kier molecular flexibility index (Phi) is 4.89. The monoisotopic (exact) mass is 510 g/mol. The first-order valence-corrected chi connectivity index (χ1v) is 13.3. The highest BCUT2D eigenvalue weighted by Gasteiger charge is 2.20. The molecule has 3 heteroatoms. The number of rotatable bonds is 3. The molecule has 186 valence electrons. The molecular weight excluding hydrogens is 488 g/mol. The zero-order valence-corrected chi connectivity index (χ0v) is 21.5. The van der Waals surface area contributed by atoms with Gasteiger partial charge in [0.05, 0.1) is 22.3 Å². The molecule has 0 saturated heterocycles. The lowest BCUT2D eigenvalue weighted by Gasteiger charge is -2.18. The average Bonchev–Trinajstić information content (AvgIpc) is 3.56. The van der Waals surface area contributed by atoms with Crippen LogP contribution in [-0.4, -0.2) is 4.57 Å². The Bertz CT molecular complexity index is 2240. The van der Waals surface area contributed by atoms with Crippen LogP contribution in [0.1, 0.15) is 5.56 Å². The third kappa shape index (κ3) is 3.24. The highest BCUT2D eigenvalue weighted by molar-refractivity contribution is 6.10. The smallest absolute Gasteiger partial charge is 0.136 e. The van der Waals surface area contributed by atoms with Crippen LogP contribution in [0.3, 0.4) is 0 Å². The summed E-state index contributed by atoms with van der Waals surface area (Å²) in [5.41, 5.74) is 9.64. The number of aromatic nitrogens is 1. The Balaban J connectivity index is 1.42. The molecule has 0 radical (unpaired) electrons. The molecule has 0 amide bonds. The average molecular weight is 511 g/mol. The van der Waals surface area contributed by atoms with Gasteiger partial charge in [-0.2, -0.15) is 5.26 Å². The topological polar surface area (TPSA) is 41.9 Å². The van der Waals surface area contributed by atoms with E-state index in [-0.39, 0.29) is 0 Å². The SMILES string of the molecule is N#Cc1cccc(-c2ccccc2-c2ccc3c(c2)oc2ccccc23)c1-n1c2ccccc2c2ccccc21. The van der Waals surface area contributed by atoms with Crippen LogP contribution in [0.25, 0.3) is 71.7 Å². The fourth-order valence-corrected chi connectivity index (χ4v) is 6.12. The van der Waals surface area contributed by atoms with Gasteiger partial charge in [-0.15, -0.1) is 0 Å². The number of fused-ring (bicyclic) bond motifs is 6. The van der Waals surface area contributed by atoms with E-state index >= 15 is 0 Å². The van der Waals surface area contributed by atoms with Gasteiger partial charge in [0.15, 0.2) is 0 Å². The first kappa shape index (κ1) is 22.4. The summed E-state index contributed by atoms with van der Waals surface area (Å²) in [5.74, 6) is 0. The van der Waals surface area contributed by atoms with Crippen LogP contribution in [0, 0.1) is 11.3 Å².